The Hall–Kier alpha value is -2.94. The van der Waals surface area contributed by atoms with Crippen molar-refractivity contribution in [2.75, 3.05) is 38.6 Å². The lowest BCUT2D eigenvalue weighted by atomic mass is 10.0. The molecule has 0 saturated heterocycles. The quantitative estimate of drug-likeness (QED) is 0.474. The molecule has 180 valence electrons. The van der Waals surface area contributed by atoms with Gasteiger partial charge in [0.25, 0.3) is 0 Å². The highest BCUT2D eigenvalue weighted by molar-refractivity contribution is 5.69. The van der Waals surface area contributed by atoms with Crippen LogP contribution in [0.3, 0.4) is 0 Å². The lowest BCUT2D eigenvalue weighted by Crippen LogP contribution is -2.30. The van der Waals surface area contributed by atoms with Gasteiger partial charge in [0.1, 0.15) is 12.0 Å². The Labute approximate surface area is 197 Å². The van der Waals surface area contributed by atoms with Gasteiger partial charge >= 0.3 is 6.18 Å². The Morgan fingerprint density at radius 3 is 2.62 bits per heavy atom. The molecule has 2 N–H and O–H groups in total. The van der Waals surface area contributed by atoms with Gasteiger partial charge in [0.15, 0.2) is 0 Å². The standard InChI is InChI=1S/C26H29F3N4O/c1-32(2)14-12-31-25(34)22-7-4-8-23-21(22)10-13-33(23)24-17-19(9-11-30-24)15-18-5-3-6-20(16-18)26(27,28)29/h3-9,11,16-17,25,31,34H,10,12-15H2,1-2H3. The number of aliphatic hydroxyl groups excluding tert-OH is 1. The summed E-state index contributed by atoms with van der Waals surface area (Å²) in [6.45, 7) is 2.21. The maximum atomic E-state index is 13.1. The van der Waals surface area contributed by atoms with Gasteiger partial charge < -0.3 is 14.9 Å². The van der Waals surface area contributed by atoms with Crippen LogP contribution in [0.4, 0.5) is 24.7 Å². The van der Waals surface area contributed by atoms with E-state index in [1.165, 1.54) is 12.1 Å². The number of likely N-dealkylation sites (N-methyl/N-ethyl adjacent to an activating group) is 1. The summed E-state index contributed by atoms with van der Waals surface area (Å²) in [5.74, 6) is 0.746. The molecule has 1 aromatic heterocycles. The average molecular weight is 471 g/mol. The van der Waals surface area contributed by atoms with Crippen LogP contribution in [0.1, 0.15) is 34.0 Å². The number of pyridine rings is 1. The fourth-order valence-electron chi connectivity index (χ4n) is 4.30. The number of aromatic nitrogens is 1. The molecule has 3 aromatic rings. The van der Waals surface area contributed by atoms with Crippen molar-refractivity contribution in [2.24, 2.45) is 0 Å². The number of fused-ring (bicyclic) bond motifs is 1. The molecule has 8 heteroatoms. The first-order chi connectivity index (χ1) is 16.2. The van der Waals surface area contributed by atoms with Gasteiger partial charge in [0, 0.05) is 37.1 Å². The van der Waals surface area contributed by atoms with Gasteiger partial charge in [-0.3, -0.25) is 5.32 Å². The molecule has 0 fully saturated rings. The second-order valence-electron chi connectivity index (χ2n) is 8.80. The van der Waals surface area contributed by atoms with Crippen molar-refractivity contribution >= 4 is 11.5 Å². The molecule has 34 heavy (non-hydrogen) atoms. The van der Waals surface area contributed by atoms with Crippen molar-refractivity contribution in [3.8, 4) is 0 Å². The minimum atomic E-state index is -4.36. The van der Waals surface area contributed by atoms with Crippen LogP contribution in [0.2, 0.25) is 0 Å². The summed E-state index contributed by atoms with van der Waals surface area (Å²) in [5, 5.41) is 13.9. The molecule has 0 aliphatic carbocycles. The molecule has 0 amide bonds. The van der Waals surface area contributed by atoms with Gasteiger partial charge in [-0.25, -0.2) is 4.98 Å². The predicted molar refractivity (Wildman–Crippen MR) is 127 cm³/mol. The number of rotatable bonds is 8. The third kappa shape index (κ3) is 5.58. The van der Waals surface area contributed by atoms with Crippen molar-refractivity contribution in [3.05, 3.63) is 88.6 Å². The van der Waals surface area contributed by atoms with Crippen LogP contribution < -0.4 is 10.2 Å². The first-order valence-corrected chi connectivity index (χ1v) is 11.3. The number of benzene rings is 2. The van der Waals surface area contributed by atoms with Crippen LogP contribution in [0.25, 0.3) is 0 Å². The molecule has 0 saturated carbocycles. The van der Waals surface area contributed by atoms with E-state index in [0.29, 0.717) is 18.5 Å². The molecule has 1 aliphatic rings. The van der Waals surface area contributed by atoms with Gasteiger partial charge in [-0.1, -0.05) is 30.3 Å². The molecule has 2 heterocycles. The highest BCUT2D eigenvalue weighted by atomic mass is 19.4. The summed E-state index contributed by atoms with van der Waals surface area (Å²) < 4.78 is 39.2. The van der Waals surface area contributed by atoms with E-state index >= 15 is 0 Å². The van der Waals surface area contributed by atoms with Gasteiger partial charge in [-0.2, -0.15) is 13.2 Å². The van der Waals surface area contributed by atoms with Gasteiger partial charge in [0.05, 0.1) is 5.56 Å². The van der Waals surface area contributed by atoms with Crippen LogP contribution >= 0.6 is 0 Å². The number of anilines is 2. The minimum Gasteiger partial charge on any atom is -0.374 e. The molecule has 0 radical (unpaired) electrons. The number of nitrogens with zero attached hydrogens (tertiary/aromatic N) is 3. The molecule has 1 atom stereocenters. The summed E-state index contributed by atoms with van der Waals surface area (Å²) in [7, 11) is 3.97. The van der Waals surface area contributed by atoms with Gasteiger partial charge in [-0.05, 0) is 67.9 Å². The van der Waals surface area contributed by atoms with E-state index in [2.05, 4.69) is 20.1 Å². The topological polar surface area (TPSA) is 51.6 Å². The van der Waals surface area contributed by atoms with Crippen LogP contribution in [-0.2, 0) is 19.0 Å². The number of nitrogens with one attached hydrogen (secondary N) is 1. The second kappa shape index (κ2) is 10.1. The van der Waals surface area contributed by atoms with Crippen molar-refractivity contribution in [3.63, 3.8) is 0 Å². The second-order valence-corrected chi connectivity index (χ2v) is 8.80. The Balaban J connectivity index is 1.53. The lowest BCUT2D eigenvalue weighted by Gasteiger charge is -2.21. The van der Waals surface area contributed by atoms with Crippen LogP contribution in [0.15, 0.2) is 60.8 Å². The molecule has 0 bridgehead atoms. The Kier molecular flexibility index (Phi) is 7.21. The third-order valence-electron chi connectivity index (χ3n) is 6.00. The molecule has 0 spiro atoms. The number of halogens is 3. The predicted octanol–water partition coefficient (Wildman–Crippen LogP) is 4.53. The molecule has 2 aromatic carbocycles. The van der Waals surface area contributed by atoms with Crippen molar-refractivity contribution < 1.29 is 18.3 Å². The largest absolute Gasteiger partial charge is 0.416 e. The van der Waals surface area contributed by atoms with Crippen LogP contribution in [0.5, 0.6) is 0 Å². The smallest absolute Gasteiger partial charge is 0.374 e. The van der Waals surface area contributed by atoms with E-state index in [0.717, 1.165) is 53.8 Å². The Morgan fingerprint density at radius 1 is 1.09 bits per heavy atom. The van der Waals surface area contributed by atoms with Crippen LogP contribution in [0, 0.1) is 0 Å². The van der Waals surface area contributed by atoms with E-state index in [-0.39, 0.29) is 0 Å². The molecule has 5 nitrogen and oxygen atoms in total. The fraction of sp³-hybridized carbons (Fsp3) is 0.346. The molecule has 4 rings (SSSR count). The van der Waals surface area contributed by atoms with E-state index in [1.807, 2.05) is 44.4 Å². The summed E-state index contributed by atoms with van der Waals surface area (Å²) in [4.78, 5) is 8.67. The monoisotopic (exact) mass is 470 g/mol. The first-order valence-electron chi connectivity index (χ1n) is 11.3. The van der Waals surface area contributed by atoms with Gasteiger partial charge in [0.2, 0.25) is 0 Å². The molecule has 1 unspecified atom stereocenters. The van der Waals surface area contributed by atoms with Crippen molar-refractivity contribution in [1.82, 2.24) is 15.2 Å². The minimum absolute atomic E-state index is 0.384. The number of alkyl halides is 3. The maximum absolute atomic E-state index is 13.1. The lowest BCUT2D eigenvalue weighted by molar-refractivity contribution is -0.137. The summed E-state index contributed by atoms with van der Waals surface area (Å²) in [6, 6.07) is 15.1. The zero-order valence-corrected chi connectivity index (χ0v) is 19.3. The van der Waals surface area contributed by atoms with Crippen molar-refractivity contribution in [1.29, 1.82) is 0 Å². The zero-order valence-electron chi connectivity index (χ0n) is 19.3. The summed E-state index contributed by atoms with van der Waals surface area (Å²) in [6.07, 6.45) is -2.26. The molecule has 1 aliphatic heterocycles. The van der Waals surface area contributed by atoms with Crippen LogP contribution in [-0.4, -0.2) is 48.7 Å². The fourth-order valence-corrected chi connectivity index (χ4v) is 4.30. The normalized spacial score (nSPS) is 14.5. The SMILES string of the molecule is CN(C)CCNC(O)c1cccc2c1CCN2c1cc(Cc2cccc(C(F)(F)F)c2)ccn1. The van der Waals surface area contributed by atoms with E-state index in [9.17, 15) is 18.3 Å². The number of hydrogen-bond acceptors (Lipinski definition) is 5. The first kappa shape index (κ1) is 24.2. The number of hydrogen-bond donors (Lipinski definition) is 2. The summed E-state index contributed by atoms with van der Waals surface area (Å²) >= 11 is 0. The number of aliphatic hydroxyl groups is 1. The summed E-state index contributed by atoms with van der Waals surface area (Å²) in [5.41, 5.74) is 3.78. The molecular weight excluding hydrogens is 441 g/mol. The van der Waals surface area contributed by atoms with E-state index < -0.39 is 18.0 Å². The zero-order chi connectivity index (χ0) is 24.3. The highest BCUT2D eigenvalue weighted by Crippen LogP contribution is 2.37. The van der Waals surface area contributed by atoms with E-state index in [4.69, 9.17) is 0 Å². The highest BCUT2D eigenvalue weighted by Gasteiger charge is 2.30. The van der Waals surface area contributed by atoms with Crippen molar-refractivity contribution in [2.45, 2.75) is 25.2 Å². The van der Waals surface area contributed by atoms with E-state index in [1.54, 1.807) is 12.3 Å². The maximum Gasteiger partial charge on any atom is 0.416 e. The Morgan fingerprint density at radius 2 is 1.85 bits per heavy atom. The van der Waals surface area contributed by atoms with Gasteiger partial charge in [-0.15, -0.1) is 0 Å². The molecular formula is C26H29F3N4O. The average Bonchev–Trinajstić information content (AvgIpc) is 3.23. The third-order valence-corrected chi connectivity index (χ3v) is 6.00. The Bertz CT molecular complexity index is 1130.